The van der Waals surface area contributed by atoms with E-state index in [4.69, 9.17) is 16.3 Å². The Bertz CT molecular complexity index is 740. The zero-order valence-corrected chi connectivity index (χ0v) is 18.7. The van der Waals surface area contributed by atoms with Crippen LogP contribution in [-0.4, -0.2) is 12.4 Å². The number of fused-ring (bicyclic) bond motifs is 1. The van der Waals surface area contributed by atoms with E-state index in [0.29, 0.717) is 17.5 Å². The molecule has 2 atom stereocenters. The molecule has 1 aliphatic carbocycles. The van der Waals surface area contributed by atoms with Crippen LogP contribution in [0.1, 0.15) is 32.1 Å². The molecule has 1 aliphatic rings. The normalized spacial score (nSPS) is 19.4. The van der Waals surface area contributed by atoms with Gasteiger partial charge in [0.05, 0.1) is 22.9 Å². The number of carbonyl (C=O) groups excluding carboxylic acids is 1. The van der Waals surface area contributed by atoms with Crippen molar-refractivity contribution < 1.29 is 42.2 Å². The second-order valence-electron chi connectivity index (χ2n) is 6.26. The van der Waals surface area contributed by atoms with Crippen molar-refractivity contribution >= 4 is 38.8 Å². The summed E-state index contributed by atoms with van der Waals surface area (Å²) in [6.07, 6.45) is 9.28. The predicted octanol–water partition coefficient (Wildman–Crippen LogP) is 6.09. The number of hydrogen-bond donors (Lipinski definition) is 0. The van der Waals surface area contributed by atoms with Gasteiger partial charge in [-0.2, -0.15) is 6.42 Å². The molecule has 1 heterocycles. The van der Waals surface area contributed by atoms with Crippen LogP contribution >= 0.6 is 22.9 Å². The number of rotatable bonds is 8. The maximum atomic E-state index is 12.2. The fraction of sp³-hybridized carbons (Fsp3) is 0.400. The van der Waals surface area contributed by atoms with Gasteiger partial charge in [-0.15, -0.1) is 11.3 Å². The molecule has 2 aromatic rings. The van der Waals surface area contributed by atoms with E-state index in [1.807, 2.05) is 23.6 Å². The zero-order chi connectivity index (χ0) is 16.9. The van der Waals surface area contributed by atoms with Crippen molar-refractivity contribution in [3.63, 3.8) is 0 Å². The molecule has 131 valence electrons. The minimum Gasteiger partial charge on any atom is -0.492 e. The van der Waals surface area contributed by atoms with Crippen molar-refractivity contribution in [3.8, 4) is 5.75 Å². The molecule has 1 radical (unpaired) electrons. The Hall–Kier alpha value is -0.216. The van der Waals surface area contributed by atoms with Crippen LogP contribution in [0.15, 0.2) is 35.7 Å². The Balaban J connectivity index is 0.00000225. The first kappa shape index (κ1) is 21.1. The molecule has 25 heavy (non-hydrogen) atoms. The molecule has 0 fully saturated rings. The average molecular weight is 451 g/mol. The monoisotopic (exact) mass is 450 g/mol. The molecular weight excluding hydrogens is 429 g/mol. The number of thiophene rings is 1. The molecule has 1 aromatic heterocycles. The summed E-state index contributed by atoms with van der Waals surface area (Å²) in [5, 5.41) is 3.59. The third-order valence-electron chi connectivity index (χ3n) is 4.61. The summed E-state index contributed by atoms with van der Waals surface area (Å²) < 4.78 is 7.13. The molecule has 0 unspecified atom stereocenters. The number of carbonyl (C=O) groups is 1. The van der Waals surface area contributed by atoms with Gasteiger partial charge in [-0.1, -0.05) is 43.0 Å². The summed E-state index contributed by atoms with van der Waals surface area (Å²) >= 11 is 7.88. The van der Waals surface area contributed by atoms with Crippen molar-refractivity contribution in [3.05, 3.63) is 47.7 Å². The van der Waals surface area contributed by atoms with Gasteiger partial charge in [0.2, 0.25) is 0 Å². The Morgan fingerprint density at radius 2 is 2.08 bits per heavy atom. The number of hydrogen-bond acceptors (Lipinski definition) is 3. The summed E-state index contributed by atoms with van der Waals surface area (Å²) in [6.45, 7) is 4.29. The number of ketones is 1. The minimum absolute atomic E-state index is 0. The molecule has 0 aliphatic heterocycles. The Morgan fingerprint density at radius 1 is 1.24 bits per heavy atom. The third-order valence-corrected chi connectivity index (χ3v) is 5.99. The first-order valence-electron chi connectivity index (χ1n) is 8.50. The Kier molecular flexibility index (Phi) is 8.61. The van der Waals surface area contributed by atoms with Gasteiger partial charge in [-0.25, -0.2) is 0 Å². The second kappa shape index (κ2) is 10.2. The molecule has 2 nitrogen and oxygen atoms in total. The van der Waals surface area contributed by atoms with Crippen molar-refractivity contribution in [1.82, 2.24) is 0 Å². The van der Waals surface area contributed by atoms with E-state index >= 15 is 0 Å². The first-order valence-corrected chi connectivity index (χ1v) is 9.76. The molecule has 0 N–H and O–H groups in total. The van der Waals surface area contributed by atoms with Crippen LogP contribution in [0.4, 0.5) is 0 Å². The molecular formula is C20H22ClO2SY-. The number of unbranched alkanes of at least 4 members (excludes halogenated alkanes) is 3. The minimum atomic E-state index is -0.0718. The summed E-state index contributed by atoms with van der Waals surface area (Å²) in [4.78, 5) is 12.2. The van der Waals surface area contributed by atoms with E-state index < -0.39 is 0 Å². The molecule has 0 saturated heterocycles. The van der Waals surface area contributed by atoms with Gasteiger partial charge in [0.15, 0.2) is 5.78 Å². The van der Waals surface area contributed by atoms with E-state index in [2.05, 4.69) is 13.0 Å². The van der Waals surface area contributed by atoms with Gasteiger partial charge >= 0.3 is 0 Å². The van der Waals surface area contributed by atoms with Gasteiger partial charge in [0.1, 0.15) is 5.75 Å². The fourth-order valence-electron chi connectivity index (χ4n) is 3.24. The van der Waals surface area contributed by atoms with Crippen LogP contribution in [-0.2, 0) is 37.5 Å². The summed E-state index contributed by atoms with van der Waals surface area (Å²) in [5.41, 5.74) is 0. The predicted molar refractivity (Wildman–Crippen MR) is 102 cm³/mol. The summed E-state index contributed by atoms with van der Waals surface area (Å²) in [6, 6.07) is 5.93. The smallest absolute Gasteiger partial charge is 0.162 e. The number of allylic oxidation sites excluding steroid dienone is 2. The van der Waals surface area contributed by atoms with E-state index in [1.165, 1.54) is 6.42 Å². The molecule has 0 saturated carbocycles. The standard InChI is InChI=1S/C20H22ClO2S.Y/c1-2-3-4-5-7-14-10-11-17(22)15(14)12-23-18-8-6-9-19-20(18)16(21)13-24-19;/h6,8-11,13-15H,1-5,7,12H2;/q-1;/t14-,15+;/m0./s1. The molecule has 5 heteroatoms. The Labute approximate surface area is 183 Å². The van der Waals surface area contributed by atoms with E-state index in [0.717, 1.165) is 41.5 Å². The quantitative estimate of drug-likeness (QED) is 0.359. The van der Waals surface area contributed by atoms with Gasteiger partial charge < -0.3 is 11.7 Å². The van der Waals surface area contributed by atoms with Crippen molar-refractivity contribution in [1.29, 1.82) is 0 Å². The van der Waals surface area contributed by atoms with Crippen molar-refractivity contribution in [2.75, 3.05) is 6.61 Å². The van der Waals surface area contributed by atoms with E-state index in [1.54, 1.807) is 17.4 Å². The van der Waals surface area contributed by atoms with Crippen molar-refractivity contribution in [2.24, 2.45) is 11.8 Å². The topological polar surface area (TPSA) is 26.3 Å². The molecule has 3 rings (SSSR count). The van der Waals surface area contributed by atoms with Crippen LogP contribution < -0.4 is 4.74 Å². The van der Waals surface area contributed by atoms with E-state index in [9.17, 15) is 4.79 Å². The number of halogens is 1. The molecule has 0 bridgehead atoms. The maximum absolute atomic E-state index is 12.2. The first-order chi connectivity index (χ1) is 11.7. The summed E-state index contributed by atoms with van der Waals surface area (Å²) in [5.74, 6) is 1.17. The van der Waals surface area contributed by atoms with Crippen molar-refractivity contribution in [2.45, 2.75) is 32.1 Å². The third kappa shape index (κ3) is 5.16. The number of ether oxygens (including phenoxy) is 1. The van der Waals surface area contributed by atoms with E-state index in [-0.39, 0.29) is 44.4 Å². The van der Waals surface area contributed by atoms with Gasteiger partial charge in [0.25, 0.3) is 0 Å². The number of benzene rings is 1. The average Bonchev–Trinajstić information content (AvgIpc) is 3.14. The van der Waals surface area contributed by atoms with Crippen LogP contribution in [0.5, 0.6) is 5.75 Å². The maximum Gasteiger partial charge on any atom is 0.162 e. The van der Waals surface area contributed by atoms with Crippen LogP contribution in [0.25, 0.3) is 10.1 Å². The van der Waals surface area contributed by atoms with Gasteiger partial charge in [0, 0.05) is 42.8 Å². The molecule has 1 aromatic carbocycles. The largest absolute Gasteiger partial charge is 0.492 e. The van der Waals surface area contributed by atoms with Gasteiger partial charge in [-0.3, -0.25) is 4.79 Å². The van der Waals surface area contributed by atoms with Crippen LogP contribution in [0.2, 0.25) is 5.02 Å². The molecule has 0 spiro atoms. The van der Waals surface area contributed by atoms with Crippen LogP contribution in [0.3, 0.4) is 0 Å². The SMILES string of the molecule is [CH2-]CCCCC[C@H]1C=CC(=O)[C@@H]1COc1cccc2scc(Cl)c12.[Y]. The van der Waals surface area contributed by atoms with Crippen LogP contribution in [0, 0.1) is 18.8 Å². The fourth-order valence-corrected chi connectivity index (χ4v) is 4.46. The zero-order valence-electron chi connectivity index (χ0n) is 14.2. The Morgan fingerprint density at radius 3 is 2.88 bits per heavy atom. The molecule has 0 amide bonds. The van der Waals surface area contributed by atoms with Gasteiger partial charge in [-0.05, 0) is 30.5 Å². The summed E-state index contributed by atoms with van der Waals surface area (Å²) in [7, 11) is 0. The second-order valence-corrected chi connectivity index (χ2v) is 7.58.